The van der Waals surface area contributed by atoms with Crippen LogP contribution in [0, 0.1) is 6.92 Å². The number of fused-ring (bicyclic) bond motifs is 2. The number of nitrogens with zero attached hydrogens (tertiary/aromatic N) is 6. The Hall–Kier alpha value is -4.50. The maximum atomic E-state index is 13.0. The number of aromatic nitrogens is 6. The number of nitrogens with one attached hydrogen (secondary N) is 1. The van der Waals surface area contributed by atoms with Gasteiger partial charge in [-0.3, -0.25) is 4.79 Å². The number of hydrogen-bond donors (Lipinski definition) is 1. The number of benzene rings is 2. The summed E-state index contributed by atoms with van der Waals surface area (Å²) in [5.41, 5.74) is 2.75. The van der Waals surface area contributed by atoms with E-state index >= 15 is 0 Å². The summed E-state index contributed by atoms with van der Waals surface area (Å²) in [5, 5.41) is 14.1. The van der Waals surface area contributed by atoms with Gasteiger partial charge in [0.25, 0.3) is 5.91 Å². The monoisotopic (exact) mass is 469 g/mol. The van der Waals surface area contributed by atoms with Gasteiger partial charge in [-0.25, -0.2) is 14.6 Å². The summed E-state index contributed by atoms with van der Waals surface area (Å²) in [6, 6.07) is 18.2. The van der Waals surface area contributed by atoms with E-state index in [9.17, 15) is 4.79 Å². The van der Waals surface area contributed by atoms with E-state index < -0.39 is 0 Å². The van der Waals surface area contributed by atoms with Crippen molar-refractivity contribution in [2.75, 3.05) is 5.32 Å². The zero-order valence-corrected chi connectivity index (χ0v) is 18.6. The van der Waals surface area contributed by atoms with Gasteiger partial charge in [0, 0.05) is 16.5 Å². The standard InChI is InChI=1S/C24H16ClN7O2/c1-14-10-21(29-24(33)20-11-15-4-2-3-5-19(15)34-20)32(30-14)23-18-12-28-31(22(18)26-13-27-23)17-8-6-16(25)7-9-17/h2-13H,1H3,(H,29,33). The number of halogens is 1. The van der Waals surface area contributed by atoms with Gasteiger partial charge in [-0.2, -0.15) is 14.9 Å². The summed E-state index contributed by atoms with van der Waals surface area (Å²) in [4.78, 5) is 21.8. The highest BCUT2D eigenvalue weighted by atomic mass is 35.5. The predicted octanol–water partition coefficient (Wildman–Crippen LogP) is 4.96. The van der Waals surface area contributed by atoms with Gasteiger partial charge < -0.3 is 9.73 Å². The van der Waals surface area contributed by atoms with Crippen LogP contribution in [0.25, 0.3) is 33.5 Å². The molecular weight excluding hydrogens is 454 g/mol. The highest BCUT2D eigenvalue weighted by Crippen LogP contribution is 2.26. The molecule has 9 nitrogen and oxygen atoms in total. The van der Waals surface area contributed by atoms with Gasteiger partial charge in [0.1, 0.15) is 17.7 Å². The van der Waals surface area contributed by atoms with Crippen LogP contribution in [-0.4, -0.2) is 35.4 Å². The fourth-order valence-electron chi connectivity index (χ4n) is 3.79. The lowest BCUT2D eigenvalue weighted by atomic mass is 10.2. The van der Waals surface area contributed by atoms with Crippen molar-refractivity contribution in [1.82, 2.24) is 29.5 Å². The van der Waals surface area contributed by atoms with Gasteiger partial charge in [0.2, 0.25) is 0 Å². The molecule has 0 atom stereocenters. The number of anilines is 1. The molecule has 0 aliphatic heterocycles. The molecule has 0 unspecified atom stereocenters. The van der Waals surface area contributed by atoms with E-state index in [0.29, 0.717) is 39.0 Å². The average Bonchev–Trinajstić information content (AvgIpc) is 3.56. The Morgan fingerprint density at radius 3 is 2.68 bits per heavy atom. The molecule has 4 aromatic heterocycles. The lowest BCUT2D eigenvalue weighted by Crippen LogP contribution is -2.15. The number of rotatable bonds is 4. The van der Waals surface area contributed by atoms with Crippen molar-refractivity contribution in [2.45, 2.75) is 6.92 Å². The molecular formula is C24H16ClN7O2. The first-order valence-electron chi connectivity index (χ1n) is 10.4. The molecule has 4 heterocycles. The van der Waals surface area contributed by atoms with Gasteiger partial charge in [0.15, 0.2) is 17.2 Å². The molecule has 1 N–H and O–H groups in total. The van der Waals surface area contributed by atoms with Gasteiger partial charge in [-0.1, -0.05) is 29.8 Å². The third kappa shape index (κ3) is 3.39. The van der Waals surface area contributed by atoms with Crippen LogP contribution in [0.5, 0.6) is 0 Å². The Balaban J connectivity index is 1.40. The van der Waals surface area contributed by atoms with Crippen molar-refractivity contribution in [3.05, 3.63) is 89.7 Å². The van der Waals surface area contributed by atoms with Gasteiger partial charge >= 0.3 is 0 Å². The van der Waals surface area contributed by atoms with Crippen LogP contribution in [0.15, 0.2) is 77.6 Å². The summed E-state index contributed by atoms with van der Waals surface area (Å²) in [6.07, 6.45) is 3.11. The number of carbonyl (C=O) groups excluding carboxylic acids is 1. The molecule has 0 fully saturated rings. The van der Waals surface area contributed by atoms with E-state index in [0.717, 1.165) is 11.1 Å². The number of para-hydroxylation sites is 1. The lowest BCUT2D eigenvalue weighted by molar-refractivity contribution is 0.0998. The first kappa shape index (κ1) is 20.1. The van der Waals surface area contributed by atoms with E-state index in [1.54, 1.807) is 39.8 Å². The topological polar surface area (TPSA) is 104 Å². The third-order valence-electron chi connectivity index (χ3n) is 5.34. The Morgan fingerprint density at radius 2 is 1.85 bits per heavy atom. The van der Waals surface area contributed by atoms with Gasteiger partial charge in [-0.05, 0) is 43.3 Å². The molecule has 34 heavy (non-hydrogen) atoms. The van der Waals surface area contributed by atoms with Crippen LogP contribution in [0.2, 0.25) is 5.02 Å². The Labute approximate surface area is 197 Å². The Bertz CT molecular complexity index is 1650. The second-order valence-electron chi connectivity index (χ2n) is 7.65. The summed E-state index contributed by atoms with van der Waals surface area (Å²) in [7, 11) is 0. The average molecular weight is 470 g/mol. The maximum Gasteiger partial charge on any atom is 0.292 e. The molecule has 166 valence electrons. The van der Waals surface area contributed by atoms with Crippen LogP contribution in [0.3, 0.4) is 0 Å². The van der Waals surface area contributed by atoms with Crippen molar-refractivity contribution < 1.29 is 9.21 Å². The van der Waals surface area contributed by atoms with Crippen LogP contribution >= 0.6 is 11.6 Å². The molecule has 0 saturated carbocycles. The van der Waals surface area contributed by atoms with Gasteiger partial charge in [-0.15, -0.1) is 0 Å². The van der Waals surface area contributed by atoms with Crippen molar-refractivity contribution in [3.63, 3.8) is 0 Å². The molecule has 0 saturated heterocycles. The molecule has 6 rings (SSSR count). The third-order valence-corrected chi connectivity index (χ3v) is 5.59. The molecule has 0 aliphatic carbocycles. The zero-order chi connectivity index (χ0) is 23.2. The number of aryl methyl sites for hydroxylation is 1. The maximum absolute atomic E-state index is 13.0. The smallest absolute Gasteiger partial charge is 0.292 e. The molecule has 0 bridgehead atoms. The summed E-state index contributed by atoms with van der Waals surface area (Å²) >= 11 is 6.02. The van der Waals surface area contributed by atoms with E-state index in [4.69, 9.17) is 16.0 Å². The van der Waals surface area contributed by atoms with Crippen LogP contribution in [0.4, 0.5) is 5.82 Å². The van der Waals surface area contributed by atoms with E-state index in [1.807, 2.05) is 43.3 Å². The first-order valence-corrected chi connectivity index (χ1v) is 10.8. The van der Waals surface area contributed by atoms with Crippen molar-refractivity contribution in [2.24, 2.45) is 0 Å². The minimum atomic E-state index is -0.389. The highest BCUT2D eigenvalue weighted by molar-refractivity contribution is 6.30. The normalized spacial score (nSPS) is 11.4. The first-order chi connectivity index (χ1) is 16.6. The molecule has 1 amide bonds. The van der Waals surface area contributed by atoms with Gasteiger partial charge in [0.05, 0.1) is 23.0 Å². The summed E-state index contributed by atoms with van der Waals surface area (Å²) in [6.45, 7) is 1.84. The number of amides is 1. The number of hydrogen-bond acceptors (Lipinski definition) is 6. The molecule has 2 aromatic carbocycles. The second kappa shape index (κ2) is 7.82. The summed E-state index contributed by atoms with van der Waals surface area (Å²) < 4.78 is 8.95. The fraction of sp³-hybridized carbons (Fsp3) is 0.0417. The van der Waals surface area contributed by atoms with Crippen LogP contribution in [-0.2, 0) is 0 Å². The predicted molar refractivity (Wildman–Crippen MR) is 128 cm³/mol. The zero-order valence-electron chi connectivity index (χ0n) is 17.8. The van der Waals surface area contributed by atoms with Crippen molar-refractivity contribution in [1.29, 1.82) is 0 Å². The van der Waals surface area contributed by atoms with Crippen LogP contribution < -0.4 is 5.32 Å². The van der Waals surface area contributed by atoms with Crippen molar-refractivity contribution in [3.8, 4) is 11.5 Å². The highest BCUT2D eigenvalue weighted by Gasteiger charge is 2.19. The van der Waals surface area contributed by atoms with Crippen molar-refractivity contribution >= 4 is 45.3 Å². The molecule has 6 aromatic rings. The summed E-state index contributed by atoms with van der Waals surface area (Å²) in [5.74, 6) is 0.745. The lowest BCUT2D eigenvalue weighted by Gasteiger charge is -2.08. The Morgan fingerprint density at radius 1 is 1.03 bits per heavy atom. The molecule has 0 aliphatic rings. The van der Waals surface area contributed by atoms with E-state index in [1.165, 1.54) is 6.33 Å². The minimum Gasteiger partial charge on any atom is -0.451 e. The minimum absolute atomic E-state index is 0.204. The fourth-order valence-corrected chi connectivity index (χ4v) is 3.92. The Kier molecular flexibility index (Phi) is 4.63. The van der Waals surface area contributed by atoms with E-state index in [2.05, 4.69) is 25.5 Å². The number of carbonyl (C=O) groups is 1. The second-order valence-corrected chi connectivity index (χ2v) is 8.09. The van der Waals surface area contributed by atoms with Crippen LogP contribution in [0.1, 0.15) is 16.2 Å². The molecule has 0 radical (unpaired) electrons. The quantitative estimate of drug-likeness (QED) is 0.391. The number of furan rings is 1. The largest absolute Gasteiger partial charge is 0.451 e. The van der Waals surface area contributed by atoms with E-state index in [-0.39, 0.29) is 11.7 Å². The molecule has 0 spiro atoms. The molecule has 10 heteroatoms. The SMILES string of the molecule is Cc1cc(NC(=O)c2cc3ccccc3o2)n(-c2ncnc3c2cnn3-c2ccc(Cl)cc2)n1.